The topological polar surface area (TPSA) is 50.1 Å². The molecule has 0 fully saturated rings. The highest BCUT2D eigenvalue weighted by molar-refractivity contribution is 7.59. The van der Waals surface area contributed by atoms with Crippen LogP contribution in [0.3, 0.4) is 0 Å². The Kier molecular flexibility index (Phi) is 7.61. The maximum absolute atomic E-state index is 9.23. The van der Waals surface area contributed by atoms with E-state index in [2.05, 4.69) is 110 Å². The Bertz CT molecular complexity index is 2550. The number of benzene rings is 7. The number of furan rings is 2. The lowest BCUT2D eigenvalue weighted by atomic mass is 9.89. The third kappa shape index (κ3) is 4.77. The van der Waals surface area contributed by atoms with E-state index in [1.165, 1.54) is 0 Å². The summed E-state index contributed by atoms with van der Waals surface area (Å²) in [5.41, 5.74) is 10.6. The summed E-state index contributed by atoms with van der Waals surface area (Å²) in [6.07, 6.45) is 0. The lowest BCUT2D eigenvalue weighted by Crippen LogP contribution is -1.88. The van der Waals surface area contributed by atoms with Crippen molar-refractivity contribution in [1.82, 2.24) is 0 Å². The summed E-state index contributed by atoms with van der Waals surface area (Å²) in [6.45, 7) is 6.00. The minimum absolute atomic E-state index is 0. The summed E-state index contributed by atoms with van der Waals surface area (Å²) in [7, 11) is 0. The minimum Gasteiger partial charge on any atom is -0.455 e. The summed E-state index contributed by atoms with van der Waals surface area (Å²) in [4.78, 5) is 0. The van der Waals surface area contributed by atoms with E-state index in [4.69, 9.17) is 8.83 Å². The summed E-state index contributed by atoms with van der Waals surface area (Å²) >= 11 is 0. The quantitative estimate of drug-likeness (QED) is 0.184. The second-order valence-corrected chi connectivity index (χ2v) is 11.2. The number of rotatable bonds is 3. The zero-order chi connectivity index (χ0) is 31.2. The third-order valence-corrected chi connectivity index (χ3v) is 8.72. The molecule has 0 unspecified atom stereocenters. The maximum Gasteiger partial charge on any atom is 0.147 e. The first kappa shape index (κ1) is 29.7. The lowest BCUT2D eigenvalue weighted by Gasteiger charge is -2.14. The summed E-state index contributed by atoms with van der Waals surface area (Å²) in [5, 5.41) is 15.9. The Morgan fingerprint density at radius 1 is 0.447 bits per heavy atom. The largest absolute Gasteiger partial charge is 0.455 e. The molecule has 4 heteroatoms. The van der Waals surface area contributed by atoms with Crippen molar-refractivity contribution in [1.29, 1.82) is 5.26 Å². The second kappa shape index (κ2) is 12.1. The first-order valence-electron chi connectivity index (χ1n) is 15.2. The number of hydrogen-bond acceptors (Lipinski definition) is 3. The molecule has 0 N–H and O–H groups in total. The molecule has 0 saturated heterocycles. The van der Waals surface area contributed by atoms with Gasteiger partial charge in [0, 0.05) is 21.5 Å². The maximum atomic E-state index is 9.23. The minimum atomic E-state index is 0. The first-order chi connectivity index (χ1) is 22.8. The van der Waals surface area contributed by atoms with Crippen molar-refractivity contribution in [2.75, 3.05) is 0 Å². The molecule has 0 atom stereocenters. The molecule has 47 heavy (non-hydrogen) atoms. The smallest absolute Gasteiger partial charge is 0.147 e. The molecule has 0 aliphatic rings. The Balaban J connectivity index is 0.00000115. The number of fused-ring (bicyclic) bond motifs is 7. The predicted octanol–water partition coefficient (Wildman–Crippen LogP) is 12.4. The fourth-order valence-electron chi connectivity index (χ4n) is 6.65. The molecule has 224 valence electrons. The highest BCUT2D eigenvalue weighted by atomic mass is 32.1. The molecule has 2 heterocycles. The van der Waals surface area contributed by atoms with E-state index >= 15 is 0 Å². The van der Waals surface area contributed by atoms with Gasteiger partial charge in [0.05, 0.1) is 17.2 Å². The van der Waals surface area contributed by atoms with Crippen molar-refractivity contribution < 1.29 is 8.83 Å². The number of nitriles is 1. The van der Waals surface area contributed by atoms with Gasteiger partial charge in [-0.15, -0.1) is 13.2 Å². The van der Waals surface area contributed by atoms with Crippen LogP contribution in [0.4, 0.5) is 0 Å². The van der Waals surface area contributed by atoms with Gasteiger partial charge < -0.3 is 8.83 Å². The van der Waals surface area contributed by atoms with Crippen LogP contribution < -0.4 is 0 Å². The zero-order valence-electron chi connectivity index (χ0n) is 25.5. The van der Waals surface area contributed by atoms with E-state index in [0.717, 1.165) is 88.0 Å². The Morgan fingerprint density at radius 2 is 0.957 bits per heavy atom. The van der Waals surface area contributed by atoms with Crippen molar-refractivity contribution in [2.45, 2.75) is 0 Å². The van der Waals surface area contributed by atoms with Crippen molar-refractivity contribution in [3.05, 3.63) is 158 Å². The van der Waals surface area contributed by atoms with Gasteiger partial charge in [-0.3, -0.25) is 0 Å². The van der Waals surface area contributed by atoms with E-state index < -0.39 is 0 Å². The monoisotopic (exact) mass is 623 g/mol. The fraction of sp³-hybridized carbons (Fsp3) is 0. The average molecular weight is 624 g/mol. The lowest BCUT2D eigenvalue weighted by molar-refractivity contribution is 0.658. The number of nitrogens with zero attached hydrogens (tertiary/aromatic N) is 1. The van der Waals surface area contributed by atoms with Gasteiger partial charge in [0.2, 0.25) is 0 Å². The second-order valence-electron chi connectivity index (χ2n) is 11.2. The molecule has 0 bridgehead atoms. The molecular formula is C43H29NO2S. The van der Waals surface area contributed by atoms with E-state index in [0.29, 0.717) is 5.56 Å². The molecule has 0 radical (unpaired) electrons. The van der Waals surface area contributed by atoms with E-state index in [1.807, 2.05) is 48.5 Å². The molecule has 0 saturated carbocycles. The molecular weight excluding hydrogens is 595 g/mol. The predicted molar refractivity (Wildman–Crippen MR) is 201 cm³/mol. The Labute approximate surface area is 279 Å². The van der Waals surface area contributed by atoms with Crippen molar-refractivity contribution in [2.24, 2.45) is 0 Å². The molecule has 0 amide bonds. The van der Waals surface area contributed by atoms with Crippen molar-refractivity contribution in [3.63, 3.8) is 0 Å². The van der Waals surface area contributed by atoms with Crippen LogP contribution in [0.1, 0.15) is 5.56 Å². The van der Waals surface area contributed by atoms with Crippen LogP contribution in [-0.4, -0.2) is 0 Å². The molecule has 0 aliphatic heterocycles. The summed E-state index contributed by atoms with van der Waals surface area (Å²) < 4.78 is 13.2. The van der Waals surface area contributed by atoms with Crippen LogP contribution in [0.2, 0.25) is 0 Å². The van der Waals surface area contributed by atoms with E-state index in [9.17, 15) is 5.26 Å². The van der Waals surface area contributed by atoms with Crippen LogP contribution in [0.5, 0.6) is 0 Å². The van der Waals surface area contributed by atoms with Crippen LogP contribution in [0, 0.1) is 11.3 Å². The molecule has 9 rings (SSSR count). The SMILES string of the molecule is C=C.N#Cc1ccc(-c2cccc(-c3ccc(-c4c5oc6ccccc6c5cc5c4oc4ccccc45)c4ccccc34)c2)cc1.S. The van der Waals surface area contributed by atoms with Gasteiger partial charge in [-0.1, -0.05) is 103 Å². The number of para-hydroxylation sites is 2. The van der Waals surface area contributed by atoms with Crippen LogP contribution in [-0.2, 0) is 0 Å². The molecule has 3 nitrogen and oxygen atoms in total. The average Bonchev–Trinajstić information content (AvgIpc) is 3.69. The van der Waals surface area contributed by atoms with Crippen LogP contribution >= 0.6 is 13.5 Å². The van der Waals surface area contributed by atoms with Gasteiger partial charge in [0.1, 0.15) is 22.3 Å². The first-order valence-corrected chi connectivity index (χ1v) is 15.2. The van der Waals surface area contributed by atoms with Gasteiger partial charge in [0.25, 0.3) is 0 Å². The molecule has 2 aromatic heterocycles. The highest BCUT2D eigenvalue weighted by Crippen LogP contribution is 2.47. The molecule has 0 spiro atoms. The fourth-order valence-corrected chi connectivity index (χ4v) is 6.65. The molecule has 7 aromatic carbocycles. The Morgan fingerprint density at radius 3 is 1.55 bits per heavy atom. The van der Waals surface area contributed by atoms with Gasteiger partial charge in [-0.25, -0.2) is 0 Å². The van der Waals surface area contributed by atoms with Gasteiger partial charge in [-0.05, 0) is 75.0 Å². The number of hydrogen-bond donors (Lipinski definition) is 0. The zero-order valence-corrected chi connectivity index (χ0v) is 26.5. The van der Waals surface area contributed by atoms with Crippen molar-refractivity contribution >= 4 is 68.1 Å². The van der Waals surface area contributed by atoms with Crippen molar-refractivity contribution in [3.8, 4) is 39.4 Å². The summed E-state index contributed by atoms with van der Waals surface area (Å²) in [6, 6.07) is 50.2. The third-order valence-electron chi connectivity index (χ3n) is 8.72. The Hall–Kier alpha value is -6.02. The van der Waals surface area contributed by atoms with E-state index in [1.54, 1.807) is 0 Å². The standard InChI is InChI=1S/C41H23NO2.C2H4.H2S/c42-24-25-16-18-26(19-17-25)27-8-7-9-28(22-27)29-20-21-34(31-11-2-1-10-30(29)31)39-40-35(32-12-3-5-14-37(32)43-40)23-36-33-13-4-6-15-38(33)44-41(36)39;1-2;/h1-23H;1-2H2;1H2. The summed E-state index contributed by atoms with van der Waals surface area (Å²) in [5.74, 6) is 0. The highest BCUT2D eigenvalue weighted by Gasteiger charge is 2.22. The van der Waals surface area contributed by atoms with Gasteiger partial charge in [-0.2, -0.15) is 18.8 Å². The van der Waals surface area contributed by atoms with Gasteiger partial charge >= 0.3 is 0 Å². The van der Waals surface area contributed by atoms with E-state index in [-0.39, 0.29) is 13.5 Å². The van der Waals surface area contributed by atoms with Crippen LogP contribution in [0.15, 0.2) is 162 Å². The molecule has 9 aromatic rings. The molecule has 0 aliphatic carbocycles. The normalized spacial score (nSPS) is 11.0. The van der Waals surface area contributed by atoms with Gasteiger partial charge in [0.15, 0.2) is 0 Å². The van der Waals surface area contributed by atoms with Crippen LogP contribution in [0.25, 0.3) is 88.0 Å².